The van der Waals surface area contributed by atoms with E-state index in [1.807, 2.05) is 6.08 Å². The number of rotatable bonds is 3. The van der Waals surface area contributed by atoms with E-state index in [2.05, 4.69) is 109 Å². The summed E-state index contributed by atoms with van der Waals surface area (Å²) in [6, 6.07) is 23.8. The standard InChI is InChI=1S/C26H22N2/c1-4-11-21-18(5-2)26-24(27(21)3)16-10-17-25(26)28-22-14-8-6-12-19(22)20-13-7-9-15-23(20)28/h4-17H,2H2,1,3H3/b11-4-. The van der Waals surface area contributed by atoms with Crippen LogP contribution in [0.25, 0.3) is 50.5 Å². The maximum atomic E-state index is 4.13. The zero-order chi connectivity index (χ0) is 19.3. The summed E-state index contributed by atoms with van der Waals surface area (Å²) in [5, 5.41) is 3.79. The molecule has 0 aliphatic carbocycles. The molecule has 0 bridgehead atoms. The first-order valence-corrected chi connectivity index (χ1v) is 9.61. The minimum atomic E-state index is 1.17. The summed E-state index contributed by atoms with van der Waals surface area (Å²) in [6.45, 7) is 6.18. The Hall–Kier alpha value is -3.52. The van der Waals surface area contributed by atoms with Crippen molar-refractivity contribution >= 4 is 44.9 Å². The van der Waals surface area contributed by atoms with Gasteiger partial charge in [0.25, 0.3) is 0 Å². The lowest BCUT2D eigenvalue weighted by Gasteiger charge is -2.10. The third-order valence-corrected chi connectivity index (χ3v) is 5.64. The number of aromatic nitrogens is 2. The number of fused-ring (bicyclic) bond motifs is 4. The average molecular weight is 362 g/mol. The molecule has 0 saturated carbocycles. The minimum absolute atomic E-state index is 1.17. The van der Waals surface area contributed by atoms with Gasteiger partial charge in [-0.1, -0.05) is 61.2 Å². The molecule has 3 aromatic carbocycles. The molecular weight excluding hydrogens is 340 g/mol. The van der Waals surface area contributed by atoms with Gasteiger partial charge in [-0.3, -0.25) is 0 Å². The van der Waals surface area contributed by atoms with Crippen LogP contribution in [0.5, 0.6) is 0 Å². The first-order chi connectivity index (χ1) is 13.8. The van der Waals surface area contributed by atoms with Gasteiger partial charge in [-0.15, -0.1) is 0 Å². The molecule has 5 aromatic rings. The molecule has 2 aromatic heterocycles. The summed E-state index contributed by atoms with van der Waals surface area (Å²) in [4.78, 5) is 0. The van der Waals surface area contributed by atoms with Crippen LogP contribution in [0.15, 0.2) is 79.4 Å². The van der Waals surface area contributed by atoms with Crippen LogP contribution in [0, 0.1) is 0 Å². The van der Waals surface area contributed by atoms with Gasteiger partial charge < -0.3 is 9.13 Å². The van der Waals surface area contributed by atoms with E-state index in [1.54, 1.807) is 0 Å². The van der Waals surface area contributed by atoms with E-state index >= 15 is 0 Å². The third kappa shape index (κ3) is 2.15. The predicted molar refractivity (Wildman–Crippen MR) is 122 cm³/mol. The molecule has 28 heavy (non-hydrogen) atoms. The largest absolute Gasteiger partial charge is 0.344 e. The number of hydrogen-bond acceptors (Lipinski definition) is 0. The molecule has 0 N–H and O–H groups in total. The highest BCUT2D eigenvalue weighted by Crippen LogP contribution is 2.37. The second-order valence-corrected chi connectivity index (χ2v) is 7.10. The average Bonchev–Trinajstić information content (AvgIpc) is 3.21. The summed E-state index contributed by atoms with van der Waals surface area (Å²) >= 11 is 0. The van der Waals surface area contributed by atoms with E-state index in [1.165, 1.54) is 49.7 Å². The number of nitrogens with zero attached hydrogens (tertiary/aromatic N) is 2. The highest BCUT2D eigenvalue weighted by molar-refractivity contribution is 6.11. The van der Waals surface area contributed by atoms with Crippen LogP contribution >= 0.6 is 0 Å². The quantitative estimate of drug-likeness (QED) is 0.328. The fraction of sp³-hybridized carbons (Fsp3) is 0.0769. The fourth-order valence-corrected chi connectivity index (χ4v) is 4.46. The molecule has 0 spiro atoms. The Bertz CT molecular complexity index is 1340. The predicted octanol–water partition coefficient (Wildman–Crippen LogP) is 6.95. The van der Waals surface area contributed by atoms with Crippen molar-refractivity contribution in [2.24, 2.45) is 7.05 Å². The number of para-hydroxylation sites is 2. The zero-order valence-electron chi connectivity index (χ0n) is 16.2. The topological polar surface area (TPSA) is 9.86 Å². The van der Waals surface area contributed by atoms with E-state index in [0.717, 1.165) is 0 Å². The first-order valence-electron chi connectivity index (χ1n) is 9.61. The van der Waals surface area contributed by atoms with E-state index in [9.17, 15) is 0 Å². The van der Waals surface area contributed by atoms with Gasteiger partial charge in [0.05, 0.1) is 22.2 Å². The number of hydrogen-bond donors (Lipinski definition) is 0. The SMILES string of the molecule is C=Cc1c(/C=C\C)n(C)c2cccc(-n3c4ccccc4c4ccccc43)c12. The molecule has 2 heteroatoms. The first kappa shape index (κ1) is 16.6. The molecule has 2 nitrogen and oxygen atoms in total. The third-order valence-electron chi connectivity index (χ3n) is 5.64. The molecule has 5 rings (SSSR count). The summed E-state index contributed by atoms with van der Waals surface area (Å²) in [7, 11) is 2.13. The van der Waals surface area contributed by atoms with Gasteiger partial charge >= 0.3 is 0 Å². The van der Waals surface area contributed by atoms with Gasteiger partial charge in [0.2, 0.25) is 0 Å². The summed E-state index contributed by atoms with van der Waals surface area (Å²) in [5.41, 5.74) is 7.21. The lowest BCUT2D eigenvalue weighted by Crippen LogP contribution is -1.95. The lowest BCUT2D eigenvalue weighted by atomic mass is 10.1. The van der Waals surface area contributed by atoms with E-state index < -0.39 is 0 Å². The van der Waals surface area contributed by atoms with Crippen molar-refractivity contribution in [3.63, 3.8) is 0 Å². The Kier molecular flexibility index (Phi) is 3.73. The van der Waals surface area contributed by atoms with Crippen LogP contribution in [0.3, 0.4) is 0 Å². The van der Waals surface area contributed by atoms with E-state index in [0.29, 0.717) is 0 Å². The number of aryl methyl sites for hydroxylation is 1. The molecule has 0 aliphatic heterocycles. The van der Waals surface area contributed by atoms with Crippen LogP contribution in [-0.2, 0) is 7.05 Å². The van der Waals surface area contributed by atoms with Gasteiger partial charge in [0.15, 0.2) is 0 Å². The second kappa shape index (κ2) is 6.28. The number of benzene rings is 3. The molecule has 0 amide bonds. The normalized spacial score (nSPS) is 11.9. The molecular formula is C26H22N2. The van der Waals surface area contributed by atoms with Crippen LogP contribution in [0.4, 0.5) is 0 Å². The Labute approximate surface area is 164 Å². The minimum Gasteiger partial charge on any atom is -0.344 e. The molecule has 0 fully saturated rings. The maximum Gasteiger partial charge on any atom is 0.0562 e. The Balaban J connectivity index is 2.01. The summed E-state index contributed by atoms with van der Waals surface area (Å²) < 4.78 is 4.64. The highest BCUT2D eigenvalue weighted by atomic mass is 15.0. The second-order valence-electron chi connectivity index (χ2n) is 7.10. The van der Waals surface area contributed by atoms with Gasteiger partial charge in [-0.05, 0) is 37.3 Å². The monoisotopic (exact) mass is 362 g/mol. The smallest absolute Gasteiger partial charge is 0.0562 e. The van der Waals surface area contributed by atoms with Gasteiger partial charge in [0.1, 0.15) is 0 Å². The van der Waals surface area contributed by atoms with Crippen molar-refractivity contribution in [1.29, 1.82) is 0 Å². The highest BCUT2D eigenvalue weighted by Gasteiger charge is 2.18. The van der Waals surface area contributed by atoms with Crippen LogP contribution in [0.1, 0.15) is 18.2 Å². The van der Waals surface area contributed by atoms with Crippen LogP contribution < -0.4 is 0 Å². The van der Waals surface area contributed by atoms with E-state index in [4.69, 9.17) is 0 Å². The summed E-state index contributed by atoms with van der Waals surface area (Å²) in [6.07, 6.45) is 6.23. The van der Waals surface area contributed by atoms with Crippen molar-refractivity contribution < 1.29 is 0 Å². The van der Waals surface area contributed by atoms with Crippen molar-refractivity contribution in [2.45, 2.75) is 6.92 Å². The van der Waals surface area contributed by atoms with Crippen LogP contribution in [0.2, 0.25) is 0 Å². The van der Waals surface area contributed by atoms with Gasteiger partial charge in [0, 0.05) is 34.5 Å². The molecule has 136 valence electrons. The van der Waals surface area contributed by atoms with Crippen molar-refractivity contribution in [3.05, 3.63) is 90.6 Å². The van der Waals surface area contributed by atoms with Gasteiger partial charge in [-0.2, -0.15) is 0 Å². The van der Waals surface area contributed by atoms with Crippen molar-refractivity contribution in [3.8, 4) is 5.69 Å². The molecule has 0 aliphatic rings. The number of allylic oxidation sites excluding steroid dienone is 1. The maximum absolute atomic E-state index is 4.13. The Morgan fingerprint density at radius 2 is 1.39 bits per heavy atom. The fourth-order valence-electron chi connectivity index (χ4n) is 4.46. The molecule has 0 unspecified atom stereocenters. The zero-order valence-corrected chi connectivity index (χ0v) is 16.2. The Morgan fingerprint density at radius 3 is 2.00 bits per heavy atom. The van der Waals surface area contributed by atoms with Crippen molar-refractivity contribution in [1.82, 2.24) is 9.13 Å². The lowest BCUT2D eigenvalue weighted by molar-refractivity contribution is 0.953. The molecule has 0 atom stereocenters. The molecule has 0 saturated heterocycles. The van der Waals surface area contributed by atoms with E-state index in [-0.39, 0.29) is 0 Å². The van der Waals surface area contributed by atoms with Gasteiger partial charge in [-0.25, -0.2) is 0 Å². The molecule has 0 radical (unpaired) electrons. The van der Waals surface area contributed by atoms with Crippen LogP contribution in [-0.4, -0.2) is 9.13 Å². The Morgan fingerprint density at radius 1 is 0.786 bits per heavy atom. The molecule has 2 heterocycles. The van der Waals surface area contributed by atoms with Crippen molar-refractivity contribution in [2.75, 3.05) is 0 Å². The summed E-state index contributed by atoms with van der Waals surface area (Å²) in [5.74, 6) is 0.